The van der Waals surface area contributed by atoms with E-state index in [0.29, 0.717) is 23.2 Å². The summed E-state index contributed by atoms with van der Waals surface area (Å²) in [6, 6.07) is 6.74. The molecule has 156 valence electrons. The molecule has 1 saturated heterocycles. The van der Waals surface area contributed by atoms with Gasteiger partial charge in [-0.1, -0.05) is 36.8 Å². The topological polar surface area (TPSA) is 90.5 Å². The van der Waals surface area contributed by atoms with Crippen LogP contribution in [0.1, 0.15) is 31.7 Å². The Kier molecular flexibility index (Phi) is 6.92. The van der Waals surface area contributed by atoms with E-state index in [1.165, 1.54) is 11.3 Å². The number of hydrogen-bond acceptors (Lipinski definition) is 6. The lowest BCUT2D eigenvalue weighted by atomic mass is 10.2. The van der Waals surface area contributed by atoms with Crippen LogP contribution >= 0.6 is 22.9 Å². The second kappa shape index (κ2) is 9.41. The maximum atomic E-state index is 12.5. The number of amides is 3. The first kappa shape index (κ1) is 21.3. The van der Waals surface area contributed by atoms with Crippen molar-refractivity contribution >= 4 is 45.7 Å². The minimum atomic E-state index is -0.678. The minimum absolute atomic E-state index is 0.247. The first-order chi connectivity index (χ1) is 13.8. The van der Waals surface area contributed by atoms with Crippen molar-refractivity contribution in [3.63, 3.8) is 0 Å². The molecule has 3 rings (SSSR count). The number of rotatable bonds is 5. The van der Waals surface area contributed by atoms with E-state index in [1.54, 1.807) is 11.8 Å². The van der Waals surface area contributed by atoms with Crippen molar-refractivity contribution in [1.29, 1.82) is 0 Å². The Balaban J connectivity index is 1.47. The van der Waals surface area contributed by atoms with E-state index >= 15 is 0 Å². The van der Waals surface area contributed by atoms with Crippen molar-refractivity contribution in [3.05, 3.63) is 34.3 Å². The fourth-order valence-corrected chi connectivity index (χ4v) is 3.77. The number of aromatic nitrogens is 2. The molecule has 3 amide bonds. The van der Waals surface area contributed by atoms with E-state index in [4.69, 9.17) is 11.6 Å². The smallest absolute Gasteiger partial charge is 0.318 e. The normalized spacial score (nSPS) is 15.3. The molecule has 0 aliphatic carbocycles. The van der Waals surface area contributed by atoms with Crippen molar-refractivity contribution in [1.82, 2.24) is 20.4 Å². The average molecular weight is 437 g/mol. The van der Waals surface area contributed by atoms with Crippen LogP contribution in [-0.2, 0) is 4.79 Å². The van der Waals surface area contributed by atoms with Crippen molar-refractivity contribution in [3.8, 4) is 0 Å². The van der Waals surface area contributed by atoms with Crippen LogP contribution in [0.5, 0.6) is 0 Å². The fraction of sp³-hybridized carbons (Fsp3) is 0.474. The third-order valence-electron chi connectivity index (χ3n) is 4.66. The lowest BCUT2D eigenvalue weighted by molar-refractivity contribution is -0.117. The molecule has 0 bridgehead atoms. The van der Waals surface area contributed by atoms with E-state index in [0.717, 1.165) is 23.8 Å². The van der Waals surface area contributed by atoms with Gasteiger partial charge in [-0.3, -0.25) is 10.1 Å². The summed E-state index contributed by atoms with van der Waals surface area (Å²) < 4.78 is 0. The van der Waals surface area contributed by atoms with Crippen LogP contribution < -0.4 is 15.5 Å². The van der Waals surface area contributed by atoms with Crippen LogP contribution in [0.25, 0.3) is 0 Å². The van der Waals surface area contributed by atoms with Crippen molar-refractivity contribution in [2.24, 2.45) is 0 Å². The van der Waals surface area contributed by atoms with Gasteiger partial charge in [-0.15, -0.1) is 10.2 Å². The summed E-state index contributed by atoms with van der Waals surface area (Å²) >= 11 is 7.28. The van der Waals surface area contributed by atoms with Crippen LogP contribution in [0, 0.1) is 0 Å². The average Bonchev–Trinajstić information content (AvgIpc) is 3.17. The maximum absolute atomic E-state index is 12.5. The van der Waals surface area contributed by atoms with E-state index in [-0.39, 0.29) is 17.9 Å². The highest BCUT2D eigenvalue weighted by Gasteiger charge is 2.24. The fourth-order valence-electron chi connectivity index (χ4n) is 2.89. The third kappa shape index (κ3) is 5.57. The highest BCUT2D eigenvalue weighted by atomic mass is 35.5. The summed E-state index contributed by atoms with van der Waals surface area (Å²) in [6.07, 6.45) is 0. The molecule has 1 aliphatic rings. The Hall–Kier alpha value is -2.39. The summed E-state index contributed by atoms with van der Waals surface area (Å²) in [5.74, 6) is -0.0635. The predicted octanol–water partition coefficient (Wildman–Crippen LogP) is 3.17. The Morgan fingerprint density at radius 3 is 2.31 bits per heavy atom. The zero-order chi connectivity index (χ0) is 21.0. The second-order valence-corrected chi connectivity index (χ2v) is 8.66. The molecule has 2 N–H and O–H groups in total. The molecule has 1 fully saturated rings. The SMILES string of the molecule is CC(NC(=O)N1CCN(c2ccc(Cl)cc2)CC1)C(=O)Nc1nnc(C(C)C)s1. The lowest BCUT2D eigenvalue weighted by Crippen LogP contribution is -2.54. The predicted molar refractivity (Wildman–Crippen MR) is 116 cm³/mol. The summed E-state index contributed by atoms with van der Waals surface area (Å²) in [6.45, 7) is 8.29. The highest BCUT2D eigenvalue weighted by molar-refractivity contribution is 7.15. The van der Waals surface area contributed by atoms with E-state index in [2.05, 4.69) is 25.7 Å². The highest BCUT2D eigenvalue weighted by Crippen LogP contribution is 2.22. The number of anilines is 2. The molecule has 1 aromatic carbocycles. The quantitative estimate of drug-likeness (QED) is 0.751. The largest absolute Gasteiger partial charge is 0.368 e. The third-order valence-corrected chi connectivity index (χ3v) is 6.05. The standard InChI is InChI=1S/C19H25ClN6O2S/c1-12(2)17-23-24-18(29-17)22-16(27)13(3)21-19(28)26-10-8-25(9-11-26)15-6-4-14(20)5-7-15/h4-7,12-13H,8-11H2,1-3H3,(H,21,28)(H,22,24,27). The number of piperazine rings is 1. The van der Waals surface area contributed by atoms with Gasteiger partial charge in [0.25, 0.3) is 0 Å². The van der Waals surface area contributed by atoms with Gasteiger partial charge >= 0.3 is 6.03 Å². The molecule has 2 heterocycles. The number of halogens is 1. The second-order valence-electron chi connectivity index (χ2n) is 7.21. The Labute approximate surface area is 179 Å². The van der Waals surface area contributed by atoms with Crippen molar-refractivity contribution in [2.75, 3.05) is 36.4 Å². The molecular weight excluding hydrogens is 412 g/mol. The van der Waals surface area contributed by atoms with Crippen molar-refractivity contribution < 1.29 is 9.59 Å². The summed E-state index contributed by atoms with van der Waals surface area (Å²) in [5.41, 5.74) is 1.08. The molecule has 1 aliphatic heterocycles. The van der Waals surface area contributed by atoms with Crippen molar-refractivity contribution in [2.45, 2.75) is 32.7 Å². The van der Waals surface area contributed by atoms with E-state index in [1.807, 2.05) is 38.1 Å². The molecule has 29 heavy (non-hydrogen) atoms. The van der Waals surface area contributed by atoms with Crippen LogP contribution in [0.3, 0.4) is 0 Å². The van der Waals surface area contributed by atoms with Gasteiger partial charge in [-0.25, -0.2) is 4.79 Å². The Bertz CT molecular complexity index is 849. The van der Waals surface area contributed by atoms with Gasteiger partial charge in [-0.2, -0.15) is 0 Å². The first-order valence-corrected chi connectivity index (χ1v) is 10.7. The molecule has 10 heteroatoms. The lowest BCUT2D eigenvalue weighted by Gasteiger charge is -2.36. The van der Waals surface area contributed by atoms with Crippen LogP contribution in [0.2, 0.25) is 5.02 Å². The molecule has 1 aromatic heterocycles. The number of nitrogens with zero attached hydrogens (tertiary/aromatic N) is 4. The molecule has 2 aromatic rings. The van der Waals surface area contributed by atoms with Crippen LogP contribution in [0.4, 0.5) is 15.6 Å². The number of carbonyl (C=O) groups is 2. The summed E-state index contributed by atoms with van der Waals surface area (Å²) in [5, 5.41) is 15.5. The van der Waals surface area contributed by atoms with E-state index in [9.17, 15) is 9.59 Å². The first-order valence-electron chi connectivity index (χ1n) is 9.53. The molecule has 0 radical (unpaired) electrons. The molecule has 8 nitrogen and oxygen atoms in total. The van der Waals surface area contributed by atoms with Gasteiger partial charge in [0.05, 0.1) is 0 Å². The van der Waals surface area contributed by atoms with Gasteiger partial charge < -0.3 is 15.1 Å². The minimum Gasteiger partial charge on any atom is -0.368 e. The summed E-state index contributed by atoms with van der Waals surface area (Å²) in [7, 11) is 0. The van der Waals surface area contributed by atoms with Gasteiger partial charge in [-0.05, 0) is 31.2 Å². The number of hydrogen-bond donors (Lipinski definition) is 2. The number of carbonyl (C=O) groups excluding carboxylic acids is 2. The number of urea groups is 1. The molecular formula is C19H25ClN6O2S. The monoisotopic (exact) mass is 436 g/mol. The zero-order valence-corrected chi connectivity index (χ0v) is 18.3. The zero-order valence-electron chi connectivity index (χ0n) is 16.7. The van der Waals surface area contributed by atoms with Gasteiger partial charge in [0.1, 0.15) is 11.0 Å². The molecule has 1 atom stereocenters. The maximum Gasteiger partial charge on any atom is 0.318 e. The van der Waals surface area contributed by atoms with Crippen LogP contribution in [0.15, 0.2) is 24.3 Å². The molecule has 1 unspecified atom stereocenters. The summed E-state index contributed by atoms with van der Waals surface area (Å²) in [4.78, 5) is 28.8. The van der Waals surface area contributed by atoms with Crippen LogP contribution in [-0.4, -0.2) is 59.3 Å². The Morgan fingerprint density at radius 1 is 1.07 bits per heavy atom. The molecule has 0 spiro atoms. The van der Waals surface area contributed by atoms with E-state index < -0.39 is 6.04 Å². The molecule has 0 saturated carbocycles. The van der Waals surface area contributed by atoms with Gasteiger partial charge in [0.15, 0.2) is 0 Å². The number of benzene rings is 1. The van der Waals surface area contributed by atoms with Gasteiger partial charge in [0.2, 0.25) is 11.0 Å². The number of nitrogens with one attached hydrogen (secondary N) is 2. The Morgan fingerprint density at radius 2 is 1.72 bits per heavy atom. The van der Waals surface area contributed by atoms with Gasteiger partial charge in [0, 0.05) is 42.8 Å².